The van der Waals surface area contributed by atoms with E-state index in [1.165, 1.54) is 21.7 Å². The predicted octanol–water partition coefficient (Wildman–Crippen LogP) is 3.58. The lowest BCUT2D eigenvalue weighted by Crippen LogP contribution is -2.31. The zero-order valence-electron chi connectivity index (χ0n) is 15.0. The molecule has 144 valence electrons. The Bertz CT molecular complexity index is 970. The van der Waals surface area contributed by atoms with Crippen LogP contribution in [-0.4, -0.2) is 45.7 Å². The van der Waals surface area contributed by atoms with Crippen LogP contribution in [0.5, 0.6) is 5.75 Å². The fraction of sp³-hybridized carbons (Fsp3) is 0.158. The molecule has 1 heterocycles. The molecule has 0 saturated carbocycles. The maximum atomic E-state index is 12.5. The number of nitrogens with zero attached hydrogens (tertiary/aromatic N) is 4. The van der Waals surface area contributed by atoms with Gasteiger partial charge in [0.05, 0.1) is 17.2 Å². The van der Waals surface area contributed by atoms with E-state index >= 15 is 0 Å². The average Bonchev–Trinajstić information content (AvgIpc) is 3.19. The quantitative estimate of drug-likeness (QED) is 0.446. The Labute approximate surface area is 166 Å². The number of rotatable bonds is 7. The van der Waals surface area contributed by atoms with Gasteiger partial charge in [-0.05, 0) is 42.5 Å². The first-order valence-corrected chi connectivity index (χ1v) is 8.76. The van der Waals surface area contributed by atoms with Crippen molar-refractivity contribution >= 4 is 23.2 Å². The summed E-state index contributed by atoms with van der Waals surface area (Å²) in [7, 11) is 1.67. The highest BCUT2D eigenvalue weighted by atomic mass is 35.5. The van der Waals surface area contributed by atoms with E-state index in [1.54, 1.807) is 55.7 Å². The van der Waals surface area contributed by atoms with E-state index in [0.717, 1.165) is 0 Å². The molecule has 1 amide bonds. The van der Waals surface area contributed by atoms with Crippen LogP contribution in [0.2, 0.25) is 5.02 Å². The molecule has 28 heavy (non-hydrogen) atoms. The van der Waals surface area contributed by atoms with Crippen molar-refractivity contribution in [3.63, 3.8) is 0 Å². The summed E-state index contributed by atoms with van der Waals surface area (Å²) in [4.78, 5) is 24.3. The van der Waals surface area contributed by atoms with Gasteiger partial charge in [0.15, 0.2) is 5.69 Å². The summed E-state index contributed by atoms with van der Waals surface area (Å²) in [6, 6.07) is 14.5. The second-order valence-corrected chi connectivity index (χ2v) is 6.38. The monoisotopic (exact) mass is 400 g/mol. The molecule has 0 bridgehead atoms. The highest BCUT2D eigenvalue weighted by Crippen LogP contribution is 2.16. The van der Waals surface area contributed by atoms with Crippen molar-refractivity contribution < 1.29 is 14.5 Å². The molecule has 3 aromatic rings. The van der Waals surface area contributed by atoms with E-state index in [9.17, 15) is 14.9 Å². The Morgan fingerprint density at radius 1 is 1.18 bits per heavy atom. The number of likely N-dealkylation sites (N-methyl/N-ethyl adjacent to an activating group) is 1. The van der Waals surface area contributed by atoms with Crippen LogP contribution >= 0.6 is 11.6 Å². The van der Waals surface area contributed by atoms with Gasteiger partial charge in [-0.15, -0.1) is 0 Å². The summed E-state index contributed by atoms with van der Waals surface area (Å²) in [6.45, 7) is 0.707. The molecule has 1 aromatic heterocycles. The highest BCUT2D eigenvalue weighted by Gasteiger charge is 2.15. The van der Waals surface area contributed by atoms with Gasteiger partial charge < -0.3 is 9.64 Å². The molecule has 0 fully saturated rings. The Kier molecular flexibility index (Phi) is 5.90. The number of amides is 1. The van der Waals surface area contributed by atoms with Crippen LogP contribution < -0.4 is 4.74 Å². The number of nitro benzene ring substituents is 1. The summed E-state index contributed by atoms with van der Waals surface area (Å²) in [6.07, 6.45) is 1.63. The minimum atomic E-state index is -0.469. The molecule has 0 N–H and O–H groups in total. The third-order valence-electron chi connectivity index (χ3n) is 3.99. The molecule has 9 heteroatoms. The first kappa shape index (κ1) is 19.4. The topological polar surface area (TPSA) is 90.5 Å². The number of hydrogen-bond acceptors (Lipinski definition) is 5. The number of halogens is 1. The SMILES string of the molecule is CN(CCOc1ccc(Cl)cc1)C(=O)c1ccn(-c2ccc([N+](=O)[O-])cc2)n1. The van der Waals surface area contributed by atoms with Gasteiger partial charge in [-0.2, -0.15) is 5.10 Å². The van der Waals surface area contributed by atoms with Crippen molar-refractivity contribution in [2.75, 3.05) is 20.2 Å². The molecule has 0 spiro atoms. The lowest BCUT2D eigenvalue weighted by atomic mass is 10.3. The van der Waals surface area contributed by atoms with E-state index in [0.29, 0.717) is 29.6 Å². The van der Waals surface area contributed by atoms with E-state index in [4.69, 9.17) is 16.3 Å². The van der Waals surface area contributed by atoms with Crippen molar-refractivity contribution in [3.05, 3.63) is 81.6 Å². The minimum absolute atomic E-state index is 0.00683. The van der Waals surface area contributed by atoms with E-state index in [-0.39, 0.29) is 17.3 Å². The number of carbonyl (C=O) groups is 1. The van der Waals surface area contributed by atoms with Gasteiger partial charge >= 0.3 is 0 Å². The van der Waals surface area contributed by atoms with Gasteiger partial charge in [0.25, 0.3) is 11.6 Å². The summed E-state index contributed by atoms with van der Waals surface area (Å²) in [5, 5.41) is 15.6. The zero-order valence-corrected chi connectivity index (χ0v) is 15.7. The van der Waals surface area contributed by atoms with Crippen LogP contribution in [0.15, 0.2) is 60.8 Å². The van der Waals surface area contributed by atoms with Crippen molar-refractivity contribution in [2.24, 2.45) is 0 Å². The number of nitro groups is 1. The highest BCUT2D eigenvalue weighted by molar-refractivity contribution is 6.30. The maximum Gasteiger partial charge on any atom is 0.274 e. The fourth-order valence-corrected chi connectivity index (χ4v) is 2.56. The lowest BCUT2D eigenvalue weighted by molar-refractivity contribution is -0.384. The smallest absolute Gasteiger partial charge is 0.274 e. The summed E-state index contributed by atoms with van der Waals surface area (Å²) < 4.78 is 7.08. The number of ether oxygens (including phenoxy) is 1. The predicted molar refractivity (Wildman–Crippen MR) is 104 cm³/mol. The van der Waals surface area contributed by atoms with Crippen molar-refractivity contribution in [2.45, 2.75) is 0 Å². The second-order valence-electron chi connectivity index (χ2n) is 5.95. The molecular weight excluding hydrogens is 384 g/mol. The molecule has 0 unspecified atom stereocenters. The molecule has 0 atom stereocenters. The van der Waals surface area contributed by atoms with Gasteiger partial charge in [0.2, 0.25) is 0 Å². The van der Waals surface area contributed by atoms with Gasteiger partial charge in [0.1, 0.15) is 12.4 Å². The summed E-state index contributed by atoms with van der Waals surface area (Å²) in [5.74, 6) is 0.424. The van der Waals surface area contributed by atoms with Crippen LogP contribution in [0, 0.1) is 10.1 Å². The number of carbonyl (C=O) groups excluding carboxylic acids is 1. The molecule has 0 aliphatic rings. The Hall–Kier alpha value is -3.39. The van der Waals surface area contributed by atoms with E-state index < -0.39 is 4.92 Å². The summed E-state index contributed by atoms with van der Waals surface area (Å²) in [5.41, 5.74) is 0.887. The van der Waals surface area contributed by atoms with Gasteiger partial charge in [-0.3, -0.25) is 14.9 Å². The fourth-order valence-electron chi connectivity index (χ4n) is 2.44. The largest absolute Gasteiger partial charge is 0.492 e. The van der Waals surface area contributed by atoms with Crippen LogP contribution in [0.3, 0.4) is 0 Å². The van der Waals surface area contributed by atoms with Gasteiger partial charge in [0, 0.05) is 30.4 Å². The molecule has 3 rings (SSSR count). The second kappa shape index (κ2) is 8.53. The normalized spacial score (nSPS) is 10.5. The Morgan fingerprint density at radius 3 is 2.50 bits per heavy atom. The van der Waals surface area contributed by atoms with Gasteiger partial charge in [-0.25, -0.2) is 4.68 Å². The van der Waals surface area contributed by atoms with Crippen molar-refractivity contribution in [3.8, 4) is 11.4 Å². The average molecular weight is 401 g/mol. The molecule has 0 aliphatic heterocycles. The van der Waals surface area contributed by atoms with Crippen LogP contribution in [0.4, 0.5) is 5.69 Å². The zero-order chi connectivity index (χ0) is 20.1. The van der Waals surface area contributed by atoms with Crippen LogP contribution in [0.1, 0.15) is 10.5 Å². The third-order valence-corrected chi connectivity index (χ3v) is 4.24. The Balaban J connectivity index is 1.58. The standard InChI is InChI=1S/C19H17ClN4O4/c1-22(12-13-28-17-8-2-14(20)3-9-17)19(25)18-10-11-23(21-18)15-4-6-16(7-5-15)24(26)27/h2-11H,12-13H2,1H3. The van der Waals surface area contributed by atoms with Crippen molar-refractivity contribution in [1.29, 1.82) is 0 Å². The van der Waals surface area contributed by atoms with Crippen molar-refractivity contribution in [1.82, 2.24) is 14.7 Å². The number of aromatic nitrogens is 2. The Morgan fingerprint density at radius 2 is 1.86 bits per heavy atom. The van der Waals surface area contributed by atoms with Crippen LogP contribution in [0.25, 0.3) is 5.69 Å². The molecular formula is C19H17ClN4O4. The van der Waals surface area contributed by atoms with E-state index in [2.05, 4.69) is 5.10 Å². The number of hydrogen-bond donors (Lipinski definition) is 0. The first-order valence-electron chi connectivity index (χ1n) is 8.38. The minimum Gasteiger partial charge on any atom is -0.492 e. The maximum absolute atomic E-state index is 12.5. The van der Waals surface area contributed by atoms with Gasteiger partial charge in [-0.1, -0.05) is 11.6 Å². The molecule has 0 saturated heterocycles. The summed E-state index contributed by atoms with van der Waals surface area (Å²) >= 11 is 5.83. The molecule has 2 aromatic carbocycles. The molecule has 0 radical (unpaired) electrons. The third kappa shape index (κ3) is 4.66. The van der Waals surface area contributed by atoms with E-state index in [1.807, 2.05) is 0 Å². The molecule has 8 nitrogen and oxygen atoms in total. The molecule has 0 aliphatic carbocycles. The van der Waals surface area contributed by atoms with Crippen LogP contribution in [-0.2, 0) is 0 Å². The number of non-ortho nitro benzene ring substituents is 1. The first-order chi connectivity index (χ1) is 13.4. The number of benzene rings is 2. The lowest BCUT2D eigenvalue weighted by Gasteiger charge is -2.16.